The molecule has 2 heterocycles. The van der Waals surface area contributed by atoms with Crippen molar-refractivity contribution < 1.29 is 4.79 Å². The number of para-hydroxylation sites is 1. The van der Waals surface area contributed by atoms with Gasteiger partial charge in [0.25, 0.3) is 0 Å². The van der Waals surface area contributed by atoms with Crippen molar-refractivity contribution in [2.45, 2.75) is 63.8 Å². The molecule has 5 heteroatoms. The van der Waals surface area contributed by atoms with Crippen molar-refractivity contribution in [1.29, 1.82) is 0 Å². The summed E-state index contributed by atoms with van der Waals surface area (Å²) in [6.45, 7) is 3.32. The van der Waals surface area contributed by atoms with Gasteiger partial charge in [0.15, 0.2) is 0 Å². The number of aromatic nitrogens is 1. The summed E-state index contributed by atoms with van der Waals surface area (Å²) in [5, 5.41) is 4.88. The van der Waals surface area contributed by atoms with E-state index in [1.807, 2.05) is 0 Å². The van der Waals surface area contributed by atoms with Crippen LogP contribution >= 0.6 is 12.4 Å². The van der Waals surface area contributed by atoms with E-state index < -0.39 is 0 Å². The second kappa shape index (κ2) is 8.44. The largest absolute Gasteiger partial charge is 0.361 e. The molecule has 2 N–H and O–H groups in total. The van der Waals surface area contributed by atoms with Crippen LogP contribution in [0.15, 0.2) is 30.5 Å². The molecule has 4 saturated carbocycles. The molecule has 7 rings (SSSR count). The van der Waals surface area contributed by atoms with Crippen molar-refractivity contribution in [3.63, 3.8) is 0 Å². The highest BCUT2D eigenvalue weighted by Crippen LogP contribution is 2.60. The van der Waals surface area contributed by atoms with E-state index in [2.05, 4.69) is 45.7 Å². The molecule has 4 aliphatic carbocycles. The Hall–Kier alpha value is -1.52. The van der Waals surface area contributed by atoms with Crippen LogP contribution in [0.3, 0.4) is 0 Å². The number of likely N-dealkylation sites (tertiary alicyclic amines) is 1. The summed E-state index contributed by atoms with van der Waals surface area (Å²) < 4.78 is 0. The van der Waals surface area contributed by atoms with Crippen LogP contribution < -0.4 is 5.32 Å². The Morgan fingerprint density at radius 1 is 1.03 bits per heavy atom. The lowest BCUT2D eigenvalue weighted by Crippen LogP contribution is -2.56. The van der Waals surface area contributed by atoms with Gasteiger partial charge in [-0.3, -0.25) is 4.79 Å². The number of aromatic amines is 1. The molecule has 2 aromatic rings. The van der Waals surface area contributed by atoms with Crippen LogP contribution in [0.4, 0.5) is 0 Å². The standard InChI is InChI=1S/C26H35N3O.ClH/c30-25(26-14-18-11-19(15-26)13-20(12-18)16-26)28-22-6-9-29(10-7-22)8-5-21-17-27-24-4-2-1-3-23(21)24;/h1-4,17-20,22,27H,5-16H2,(H,28,30);1H. The van der Waals surface area contributed by atoms with Crippen molar-refractivity contribution in [2.75, 3.05) is 19.6 Å². The molecule has 1 aliphatic heterocycles. The molecular weight excluding hydrogens is 406 g/mol. The number of nitrogens with zero attached hydrogens (tertiary/aromatic N) is 1. The number of rotatable bonds is 5. The van der Waals surface area contributed by atoms with Crippen LogP contribution in [-0.2, 0) is 11.2 Å². The van der Waals surface area contributed by atoms with Gasteiger partial charge in [-0.25, -0.2) is 0 Å². The Morgan fingerprint density at radius 2 is 1.68 bits per heavy atom. The number of halogens is 1. The summed E-state index contributed by atoms with van der Waals surface area (Å²) in [5.41, 5.74) is 2.66. The second-order valence-electron chi connectivity index (χ2n) is 10.9. The number of carbonyl (C=O) groups is 1. The molecule has 168 valence electrons. The number of fused-ring (bicyclic) bond motifs is 1. The smallest absolute Gasteiger partial charge is 0.226 e. The summed E-state index contributed by atoms with van der Waals surface area (Å²) in [4.78, 5) is 19.3. The number of amides is 1. The summed E-state index contributed by atoms with van der Waals surface area (Å²) >= 11 is 0. The van der Waals surface area contributed by atoms with Crippen LogP contribution in [0.1, 0.15) is 56.9 Å². The molecule has 1 aromatic carbocycles. The van der Waals surface area contributed by atoms with Crippen molar-refractivity contribution in [1.82, 2.24) is 15.2 Å². The van der Waals surface area contributed by atoms with E-state index in [9.17, 15) is 4.79 Å². The first-order valence-electron chi connectivity index (χ1n) is 12.3. The summed E-state index contributed by atoms with van der Waals surface area (Å²) in [6, 6.07) is 8.96. The monoisotopic (exact) mass is 441 g/mol. The molecule has 5 aliphatic rings. The van der Waals surface area contributed by atoms with Crippen molar-refractivity contribution in [3.05, 3.63) is 36.0 Å². The molecular formula is C26H36ClN3O. The molecule has 31 heavy (non-hydrogen) atoms. The van der Waals surface area contributed by atoms with Gasteiger partial charge >= 0.3 is 0 Å². The van der Waals surface area contributed by atoms with Gasteiger partial charge in [-0.05, 0) is 87.2 Å². The maximum atomic E-state index is 13.3. The normalized spacial score (nSPS) is 32.8. The number of H-pyrrole nitrogens is 1. The quantitative estimate of drug-likeness (QED) is 0.691. The molecule has 1 amide bonds. The molecule has 1 aromatic heterocycles. The first-order chi connectivity index (χ1) is 14.7. The van der Waals surface area contributed by atoms with E-state index in [1.54, 1.807) is 0 Å². The fourth-order valence-electron chi connectivity index (χ4n) is 7.65. The summed E-state index contributed by atoms with van der Waals surface area (Å²) in [6.07, 6.45) is 13.2. The van der Waals surface area contributed by atoms with Crippen LogP contribution in [-0.4, -0.2) is 41.5 Å². The molecule has 0 radical (unpaired) electrons. The summed E-state index contributed by atoms with van der Waals surface area (Å²) in [5.74, 6) is 2.94. The number of carbonyl (C=O) groups excluding carboxylic acids is 1. The molecule has 0 spiro atoms. The molecule has 1 saturated heterocycles. The predicted molar refractivity (Wildman–Crippen MR) is 127 cm³/mol. The van der Waals surface area contributed by atoms with E-state index >= 15 is 0 Å². The van der Waals surface area contributed by atoms with Crippen molar-refractivity contribution in [3.8, 4) is 0 Å². The van der Waals surface area contributed by atoms with Crippen LogP contribution in [0, 0.1) is 23.2 Å². The number of piperidine rings is 1. The van der Waals surface area contributed by atoms with Gasteiger partial charge in [-0.15, -0.1) is 12.4 Å². The zero-order chi connectivity index (χ0) is 20.1. The zero-order valence-electron chi connectivity index (χ0n) is 18.4. The van der Waals surface area contributed by atoms with Crippen LogP contribution in [0.25, 0.3) is 10.9 Å². The Balaban J connectivity index is 0.00000204. The number of benzene rings is 1. The van der Waals surface area contributed by atoms with Crippen molar-refractivity contribution in [2.24, 2.45) is 23.2 Å². The molecule has 4 nitrogen and oxygen atoms in total. The number of nitrogens with one attached hydrogen (secondary N) is 2. The van der Waals surface area contributed by atoms with E-state index in [-0.39, 0.29) is 17.8 Å². The maximum Gasteiger partial charge on any atom is 0.226 e. The summed E-state index contributed by atoms with van der Waals surface area (Å²) in [7, 11) is 0. The highest BCUT2D eigenvalue weighted by molar-refractivity contribution is 5.85. The van der Waals surface area contributed by atoms with Crippen molar-refractivity contribution >= 4 is 29.2 Å². The highest BCUT2D eigenvalue weighted by atomic mass is 35.5. The molecule has 5 fully saturated rings. The number of hydrogen-bond donors (Lipinski definition) is 2. The minimum Gasteiger partial charge on any atom is -0.361 e. The lowest BCUT2D eigenvalue weighted by atomic mass is 9.49. The Morgan fingerprint density at radius 3 is 2.35 bits per heavy atom. The zero-order valence-corrected chi connectivity index (χ0v) is 19.3. The Bertz CT molecular complexity index is 894. The Labute approximate surface area is 191 Å². The minimum atomic E-state index is 0. The van der Waals surface area contributed by atoms with Gasteiger partial charge in [0.2, 0.25) is 5.91 Å². The third kappa shape index (κ3) is 4.02. The van der Waals surface area contributed by atoms with Crippen LogP contribution in [0.2, 0.25) is 0 Å². The second-order valence-corrected chi connectivity index (χ2v) is 10.9. The topological polar surface area (TPSA) is 48.1 Å². The molecule has 0 unspecified atom stereocenters. The van der Waals surface area contributed by atoms with E-state index in [0.717, 1.165) is 56.7 Å². The SMILES string of the molecule is Cl.O=C(NC1CCN(CCc2c[nH]c3ccccc23)CC1)C12CC3CC(CC(C3)C1)C2. The first kappa shape index (κ1) is 21.3. The van der Waals surface area contributed by atoms with Gasteiger partial charge in [-0.1, -0.05) is 18.2 Å². The molecule has 4 bridgehead atoms. The third-order valence-corrected chi connectivity index (χ3v) is 8.81. The van der Waals surface area contributed by atoms with E-state index in [4.69, 9.17) is 0 Å². The fraction of sp³-hybridized carbons (Fsp3) is 0.654. The van der Waals surface area contributed by atoms with Gasteiger partial charge in [0.1, 0.15) is 0 Å². The average molecular weight is 442 g/mol. The molecule has 0 atom stereocenters. The Kier molecular flexibility index (Phi) is 5.81. The number of hydrogen-bond acceptors (Lipinski definition) is 2. The van der Waals surface area contributed by atoms with Gasteiger partial charge in [0.05, 0.1) is 0 Å². The predicted octanol–water partition coefficient (Wildman–Crippen LogP) is 4.93. The first-order valence-corrected chi connectivity index (χ1v) is 12.3. The highest BCUT2D eigenvalue weighted by Gasteiger charge is 2.54. The average Bonchev–Trinajstić information content (AvgIpc) is 3.15. The lowest BCUT2D eigenvalue weighted by Gasteiger charge is -2.56. The van der Waals surface area contributed by atoms with Gasteiger partial charge in [-0.2, -0.15) is 0 Å². The van der Waals surface area contributed by atoms with E-state index in [1.165, 1.54) is 55.0 Å². The lowest BCUT2D eigenvalue weighted by molar-refractivity contribution is -0.147. The maximum absolute atomic E-state index is 13.3. The van der Waals surface area contributed by atoms with E-state index in [0.29, 0.717) is 11.9 Å². The van der Waals surface area contributed by atoms with Crippen LogP contribution in [0.5, 0.6) is 0 Å². The fourth-order valence-corrected chi connectivity index (χ4v) is 7.65. The third-order valence-electron chi connectivity index (χ3n) is 8.81. The van der Waals surface area contributed by atoms with Gasteiger partial charge in [0, 0.05) is 48.2 Å². The van der Waals surface area contributed by atoms with Gasteiger partial charge < -0.3 is 15.2 Å². The minimum absolute atomic E-state index is 0.